The predicted molar refractivity (Wildman–Crippen MR) is 172 cm³/mol. The number of anilines is 4. The molecule has 0 heterocycles. The van der Waals surface area contributed by atoms with E-state index in [0.717, 1.165) is 56.1 Å². The first-order chi connectivity index (χ1) is 19.7. The normalized spacial score (nSPS) is 10.8. The Bertz CT molecular complexity index is 1630. The van der Waals surface area contributed by atoms with E-state index < -0.39 is 0 Å². The number of halogens is 2. The third-order valence-corrected chi connectivity index (χ3v) is 7.46. The van der Waals surface area contributed by atoms with Crippen molar-refractivity contribution in [3.63, 3.8) is 0 Å². The molecule has 2 nitrogen and oxygen atoms in total. The SMILES string of the molecule is Clc1ccccc1Nc1ccc(-c2ccc(Nc3ccccc3Cl)cc2-c2ccccc2)c(-c2ccccc2)c1. The fourth-order valence-electron chi connectivity index (χ4n) is 4.86. The van der Waals surface area contributed by atoms with Gasteiger partial charge in [0.05, 0.1) is 21.4 Å². The van der Waals surface area contributed by atoms with Crippen LogP contribution in [0.25, 0.3) is 33.4 Å². The Labute approximate surface area is 244 Å². The van der Waals surface area contributed by atoms with Crippen molar-refractivity contribution in [3.05, 3.63) is 156 Å². The molecule has 0 atom stereocenters. The van der Waals surface area contributed by atoms with Crippen LogP contribution in [0, 0.1) is 0 Å². The highest BCUT2D eigenvalue weighted by Crippen LogP contribution is 2.42. The van der Waals surface area contributed by atoms with E-state index in [1.165, 1.54) is 0 Å². The van der Waals surface area contributed by atoms with Crippen LogP contribution in [0.5, 0.6) is 0 Å². The number of benzene rings is 6. The van der Waals surface area contributed by atoms with Gasteiger partial charge in [0.2, 0.25) is 0 Å². The minimum atomic E-state index is 0.681. The van der Waals surface area contributed by atoms with Crippen molar-refractivity contribution in [2.45, 2.75) is 0 Å². The summed E-state index contributed by atoms with van der Waals surface area (Å²) in [6.07, 6.45) is 0. The number of rotatable bonds is 7. The number of nitrogens with one attached hydrogen (secondary N) is 2. The van der Waals surface area contributed by atoms with Gasteiger partial charge in [-0.2, -0.15) is 0 Å². The van der Waals surface area contributed by atoms with Gasteiger partial charge in [-0.3, -0.25) is 0 Å². The van der Waals surface area contributed by atoms with Crippen molar-refractivity contribution in [2.75, 3.05) is 10.6 Å². The minimum absolute atomic E-state index is 0.681. The lowest BCUT2D eigenvalue weighted by atomic mass is 9.88. The average molecular weight is 558 g/mol. The average Bonchev–Trinajstić information content (AvgIpc) is 3.00. The third kappa shape index (κ3) is 5.60. The van der Waals surface area contributed by atoms with E-state index in [9.17, 15) is 0 Å². The van der Waals surface area contributed by atoms with Gasteiger partial charge in [0.25, 0.3) is 0 Å². The second kappa shape index (κ2) is 11.7. The van der Waals surface area contributed by atoms with Crippen molar-refractivity contribution in [1.82, 2.24) is 0 Å². The molecule has 0 amide bonds. The monoisotopic (exact) mass is 556 g/mol. The number of hydrogen-bond donors (Lipinski definition) is 2. The summed E-state index contributed by atoms with van der Waals surface area (Å²) >= 11 is 12.9. The summed E-state index contributed by atoms with van der Waals surface area (Å²) in [6.45, 7) is 0. The first-order valence-electron chi connectivity index (χ1n) is 13.1. The van der Waals surface area contributed by atoms with E-state index in [-0.39, 0.29) is 0 Å². The molecule has 0 saturated heterocycles. The summed E-state index contributed by atoms with van der Waals surface area (Å²) in [5, 5.41) is 8.35. The van der Waals surface area contributed by atoms with E-state index in [2.05, 4.69) is 95.6 Å². The quantitative estimate of drug-likeness (QED) is 0.204. The minimum Gasteiger partial charge on any atom is -0.354 e. The van der Waals surface area contributed by atoms with Crippen LogP contribution in [0.15, 0.2) is 146 Å². The van der Waals surface area contributed by atoms with Gasteiger partial charge in [0, 0.05) is 11.4 Å². The Hall–Kier alpha value is -4.50. The van der Waals surface area contributed by atoms with Crippen LogP contribution >= 0.6 is 23.2 Å². The van der Waals surface area contributed by atoms with Crippen molar-refractivity contribution in [2.24, 2.45) is 0 Å². The van der Waals surface area contributed by atoms with Gasteiger partial charge < -0.3 is 10.6 Å². The summed E-state index contributed by atoms with van der Waals surface area (Å²) in [5.41, 5.74) is 10.5. The second-order valence-electron chi connectivity index (χ2n) is 9.46. The van der Waals surface area contributed by atoms with Crippen molar-refractivity contribution < 1.29 is 0 Å². The highest BCUT2D eigenvalue weighted by molar-refractivity contribution is 6.33. The Kier molecular flexibility index (Phi) is 7.54. The van der Waals surface area contributed by atoms with E-state index in [1.54, 1.807) is 0 Å². The van der Waals surface area contributed by atoms with Gasteiger partial charge in [-0.05, 0) is 81.9 Å². The molecular formula is C36H26Cl2N2. The van der Waals surface area contributed by atoms with Crippen LogP contribution in [0.1, 0.15) is 0 Å². The molecule has 0 aliphatic heterocycles. The first-order valence-corrected chi connectivity index (χ1v) is 13.8. The zero-order valence-electron chi connectivity index (χ0n) is 21.6. The summed E-state index contributed by atoms with van der Waals surface area (Å²) < 4.78 is 0. The Morgan fingerprint density at radius 1 is 0.350 bits per heavy atom. The van der Waals surface area contributed by atoms with Crippen molar-refractivity contribution >= 4 is 46.0 Å². The molecule has 0 aliphatic rings. The Balaban J connectivity index is 1.49. The molecule has 6 rings (SSSR count). The van der Waals surface area contributed by atoms with Crippen LogP contribution in [-0.4, -0.2) is 0 Å². The largest absolute Gasteiger partial charge is 0.354 e. The first kappa shape index (κ1) is 25.8. The molecule has 194 valence electrons. The highest BCUT2D eigenvalue weighted by atomic mass is 35.5. The van der Waals surface area contributed by atoms with Gasteiger partial charge in [-0.25, -0.2) is 0 Å². The van der Waals surface area contributed by atoms with Crippen LogP contribution in [-0.2, 0) is 0 Å². The van der Waals surface area contributed by atoms with E-state index in [1.807, 2.05) is 60.7 Å². The molecule has 6 aromatic carbocycles. The van der Waals surface area contributed by atoms with Gasteiger partial charge in [-0.15, -0.1) is 0 Å². The highest BCUT2D eigenvalue weighted by Gasteiger charge is 2.15. The van der Waals surface area contributed by atoms with Crippen molar-refractivity contribution in [3.8, 4) is 33.4 Å². The molecular weight excluding hydrogens is 531 g/mol. The van der Waals surface area contributed by atoms with Crippen LogP contribution < -0.4 is 10.6 Å². The summed E-state index contributed by atoms with van der Waals surface area (Å²) in [7, 11) is 0. The molecule has 0 aliphatic carbocycles. The van der Waals surface area contributed by atoms with Crippen molar-refractivity contribution in [1.29, 1.82) is 0 Å². The summed E-state index contributed by atoms with van der Waals surface area (Å²) in [6, 6.07) is 49.5. The molecule has 0 aromatic heterocycles. The maximum atomic E-state index is 6.45. The molecule has 0 fully saturated rings. The van der Waals surface area contributed by atoms with Crippen LogP contribution in [0.4, 0.5) is 22.7 Å². The summed E-state index contributed by atoms with van der Waals surface area (Å²) in [5.74, 6) is 0. The van der Waals surface area contributed by atoms with E-state index in [4.69, 9.17) is 23.2 Å². The molecule has 0 bridgehead atoms. The standard InChI is InChI=1S/C36H26Cl2N2/c37-33-15-7-9-17-35(33)39-27-19-21-29(31(23-27)25-11-3-1-4-12-25)30-22-20-28(40-36-18-10-8-16-34(36)38)24-32(30)26-13-5-2-6-14-26/h1-24,39-40H. The lowest BCUT2D eigenvalue weighted by Crippen LogP contribution is -1.96. The van der Waals surface area contributed by atoms with Gasteiger partial charge in [-0.1, -0.05) is 120 Å². The topological polar surface area (TPSA) is 24.1 Å². The fourth-order valence-corrected chi connectivity index (χ4v) is 5.23. The number of para-hydroxylation sites is 2. The Morgan fingerprint density at radius 2 is 0.725 bits per heavy atom. The molecule has 0 unspecified atom stereocenters. The summed E-state index contributed by atoms with van der Waals surface area (Å²) in [4.78, 5) is 0. The molecule has 2 N–H and O–H groups in total. The molecule has 0 spiro atoms. The molecule has 40 heavy (non-hydrogen) atoms. The van der Waals surface area contributed by atoms with Crippen LogP contribution in [0.3, 0.4) is 0 Å². The van der Waals surface area contributed by atoms with Gasteiger partial charge >= 0.3 is 0 Å². The lowest BCUT2D eigenvalue weighted by molar-refractivity contribution is 1.51. The maximum Gasteiger partial charge on any atom is 0.0640 e. The van der Waals surface area contributed by atoms with E-state index in [0.29, 0.717) is 10.0 Å². The Morgan fingerprint density at radius 3 is 1.12 bits per heavy atom. The van der Waals surface area contributed by atoms with Gasteiger partial charge in [0.1, 0.15) is 0 Å². The predicted octanol–water partition coefficient (Wildman–Crippen LogP) is 11.5. The second-order valence-corrected chi connectivity index (χ2v) is 10.3. The molecule has 0 saturated carbocycles. The molecule has 4 heteroatoms. The van der Waals surface area contributed by atoms with E-state index >= 15 is 0 Å². The molecule has 6 aromatic rings. The zero-order valence-corrected chi connectivity index (χ0v) is 23.1. The lowest BCUT2D eigenvalue weighted by Gasteiger charge is -2.19. The molecule has 0 radical (unpaired) electrons. The number of hydrogen-bond acceptors (Lipinski definition) is 2. The van der Waals surface area contributed by atoms with Crippen LogP contribution in [0.2, 0.25) is 10.0 Å². The third-order valence-electron chi connectivity index (χ3n) is 6.80. The maximum absolute atomic E-state index is 6.45. The van der Waals surface area contributed by atoms with Gasteiger partial charge in [0.15, 0.2) is 0 Å². The zero-order chi connectivity index (χ0) is 27.3. The smallest absolute Gasteiger partial charge is 0.0640 e. The fraction of sp³-hybridized carbons (Fsp3) is 0.